The molecule has 9 heteroatoms. The Labute approximate surface area is 203 Å². The number of nitrogens with zero attached hydrogens (tertiary/aromatic N) is 3. The van der Waals surface area contributed by atoms with E-state index in [0.717, 1.165) is 28.6 Å². The van der Waals surface area contributed by atoms with Crippen LogP contribution in [0, 0.1) is 19.3 Å². The first kappa shape index (κ1) is 25.2. The summed E-state index contributed by atoms with van der Waals surface area (Å²) in [6.07, 6.45) is 7.00. The highest BCUT2D eigenvalue weighted by Crippen LogP contribution is 2.27. The van der Waals surface area contributed by atoms with Crippen molar-refractivity contribution in [1.82, 2.24) is 8.87 Å². The normalized spacial score (nSPS) is 12.4. The van der Waals surface area contributed by atoms with E-state index >= 15 is 0 Å². The second-order valence-electron chi connectivity index (χ2n) is 7.54. The number of terminal acetylenes is 1. The third-order valence-electron chi connectivity index (χ3n) is 5.16. The molecule has 1 heterocycles. The van der Waals surface area contributed by atoms with Crippen molar-refractivity contribution in [3.05, 3.63) is 57.3 Å². The number of amides is 1. The van der Waals surface area contributed by atoms with E-state index in [4.69, 9.17) is 18.0 Å². The fraction of sp³-hybridized carbons (Fsp3) is 0.333. The molecule has 2 aromatic carbocycles. The number of carbonyl (C=O) groups is 1. The summed E-state index contributed by atoms with van der Waals surface area (Å²) < 4.78 is 30.1. The van der Waals surface area contributed by atoms with Crippen molar-refractivity contribution in [3.8, 4) is 12.3 Å². The van der Waals surface area contributed by atoms with E-state index in [9.17, 15) is 13.2 Å². The minimum Gasteiger partial charge on any atom is -0.304 e. The van der Waals surface area contributed by atoms with Crippen LogP contribution in [0.5, 0.6) is 0 Å². The molecular formula is C24H26ClN3O3S2. The molecule has 0 unspecified atom stereocenters. The number of halogens is 1. The number of benzene rings is 2. The van der Waals surface area contributed by atoms with Gasteiger partial charge < -0.3 is 4.57 Å². The van der Waals surface area contributed by atoms with Crippen LogP contribution in [0.1, 0.15) is 42.6 Å². The van der Waals surface area contributed by atoms with E-state index in [1.54, 1.807) is 10.6 Å². The molecule has 0 aliphatic heterocycles. The molecule has 0 fully saturated rings. The number of carbonyl (C=O) groups excluding carboxylic acids is 1. The van der Waals surface area contributed by atoms with Gasteiger partial charge in [0.1, 0.15) is 0 Å². The van der Waals surface area contributed by atoms with Crippen molar-refractivity contribution in [2.24, 2.45) is 4.99 Å². The summed E-state index contributed by atoms with van der Waals surface area (Å²) in [4.78, 5) is 17.8. The molecule has 0 N–H and O–H groups in total. The van der Waals surface area contributed by atoms with Crippen molar-refractivity contribution in [1.29, 1.82) is 0 Å². The Bertz CT molecular complexity index is 1380. The molecule has 33 heavy (non-hydrogen) atoms. The minimum absolute atomic E-state index is 0.162. The number of sulfonamides is 1. The maximum Gasteiger partial charge on any atom is 0.279 e. The lowest BCUT2D eigenvalue weighted by Gasteiger charge is -2.21. The number of thiazole rings is 1. The highest BCUT2D eigenvalue weighted by Gasteiger charge is 2.23. The Kier molecular flexibility index (Phi) is 8.14. The van der Waals surface area contributed by atoms with Crippen LogP contribution in [-0.4, -0.2) is 36.3 Å². The molecule has 0 spiro atoms. The molecule has 0 bridgehead atoms. The van der Waals surface area contributed by atoms with Crippen molar-refractivity contribution in [2.45, 2.75) is 45.1 Å². The molecule has 6 nitrogen and oxygen atoms in total. The van der Waals surface area contributed by atoms with Crippen LogP contribution < -0.4 is 4.80 Å². The molecule has 0 radical (unpaired) electrons. The van der Waals surface area contributed by atoms with Crippen LogP contribution >= 0.6 is 22.9 Å². The molecular weight excluding hydrogens is 478 g/mol. The third kappa shape index (κ3) is 5.22. The first-order valence-corrected chi connectivity index (χ1v) is 13.3. The summed E-state index contributed by atoms with van der Waals surface area (Å²) >= 11 is 7.62. The average molecular weight is 504 g/mol. The lowest BCUT2D eigenvalue weighted by molar-refractivity contribution is 0.0998. The molecule has 0 saturated heterocycles. The topological polar surface area (TPSA) is 71.7 Å². The van der Waals surface area contributed by atoms with Crippen LogP contribution in [0.25, 0.3) is 10.2 Å². The van der Waals surface area contributed by atoms with Gasteiger partial charge in [0, 0.05) is 23.7 Å². The lowest BCUT2D eigenvalue weighted by Crippen LogP contribution is -2.32. The molecule has 3 aromatic rings. The van der Waals surface area contributed by atoms with Gasteiger partial charge in [-0.15, -0.1) is 6.42 Å². The smallest absolute Gasteiger partial charge is 0.279 e. The summed E-state index contributed by atoms with van der Waals surface area (Å²) in [6, 6.07) is 9.60. The number of fused-ring (bicyclic) bond motifs is 1. The van der Waals surface area contributed by atoms with E-state index in [1.165, 1.54) is 39.9 Å². The van der Waals surface area contributed by atoms with Gasteiger partial charge in [-0.25, -0.2) is 8.42 Å². The Morgan fingerprint density at radius 1 is 1.15 bits per heavy atom. The molecule has 1 amide bonds. The van der Waals surface area contributed by atoms with Crippen LogP contribution in [0.3, 0.4) is 0 Å². The minimum atomic E-state index is -3.61. The standard InChI is InChI=1S/C24H26ClN3O3S2/c1-5-14-27(15-6-2)33(30,31)19-10-8-18(9-11-19)23(29)26-24-28(16-7-3)22-17(4)20(25)12-13-21(22)32-24/h3,8-13H,5-6,14-16H2,1-2,4H3. The summed E-state index contributed by atoms with van der Waals surface area (Å²) in [5, 5.41) is 0.612. The molecule has 174 valence electrons. The predicted molar refractivity (Wildman–Crippen MR) is 134 cm³/mol. The fourth-order valence-electron chi connectivity index (χ4n) is 3.56. The van der Waals surface area contributed by atoms with Gasteiger partial charge in [0.25, 0.3) is 5.91 Å². The Morgan fingerprint density at radius 3 is 2.36 bits per heavy atom. The zero-order valence-corrected chi connectivity index (χ0v) is 21.2. The van der Waals surface area contributed by atoms with Gasteiger partial charge in [0.15, 0.2) is 4.80 Å². The Hall–Kier alpha value is -2.44. The molecule has 3 rings (SSSR count). The monoisotopic (exact) mass is 503 g/mol. The van der Waals surface area contributed by atoms with Gasteiger partial charge in [-0.05, 0) is 61.7 Å². The lowest BCUT2D eigenvalue weighted by atomic mass is 10.2. The van der Waals surface area contributed by atoms with E-state index in [2.05, 4.69) is 10.9 Å². The molecule has 0 atom stereocenters. The zero-order valence-electron chi connectivity index (χ0n) is 18.8. The summed E-state index contributed by atoms with van der Waals surface area (Å²) in [5.74, 6) is 2.13. The van der Waals surface area contributed by atoms with Crippen molar-refractivity contribution in [3.63, 3.8) is 0 Å². The van der Waals surface area contributed by atoms with Gasteiger partial charge in [0.05, 0.1) is 21.7 Å². The number of hydrogen-bond acceptors (Lipinski definition) is 4. The quantitative estimate of drug-likeness (QED) is 0.412. The van der Waals surface area contributed by atoms with Gasteiger partial charge in [-0.3, -0.25) is 4.79 Å². The molecule has 0 saturated carbocycles. The summed E-state index contributed by atoms with van der Waals surface area (Å²) in [6.45, 7) is 6.94. The number of rotatable bonds is 8. The average Bonchev–Trinajstić information content (AvgIpc) is 3.14. The van der Waals surface area contributed by atoms with Crippen molar-refractivity contribution in [2.75, 3.05) is 13.1 Å². The number of aromatic nitrogens is 1. The Morgan fingerprint density at radius 2 is 1.79 bits per heavy atom. The van der Waals surface area contributed by atoms with Crippen molar-refractivity contribution >= 4 is 49.1 Å². The predicted octanol–water partition coefficient (Wildman–Crippen LogP) is 4.85. The number of hydrogen-bond donors (Lipinski definition) is 0. The van der Waals surface area contributed by atoms with Crippen LogP contribution in [0.4, 0.5) is 0 Å². The second kappa shape index (κ2) is 10.7. The van der Waals surface area contributed by atoms with Gasteiger partial charge in [0.2, 0.25) is 10.0 Å². The highest BCUT2D eigenvalue weighted by atomic mass is 35.5. The van der Waals surface area contributed by atoms with Crippen LogP contribution in [-0.2, 0) is 16.6 Å². The SMILES string of the molecule is C#CCn1c(=NC(=O)c2ccc(S(=O)(=O)N(CCC)CCC)cc2)sc2ccc(Cl)c(C)c21. The maximum absolute atomic E-state index is 12.9. The van der Waals surface area contributed by atoms with E-state index in [1.807, 2.05) is 26.8 Å². The Balaban J connectivity index is 1.99. The summed E-state index contributed by atoms with van der Waals surface area (Å²) in [7, 11) is -3.61. The zero-order chi connectivity index (χ0) is 24.2. The van der Waals surface area contributed by atoms with Crippen molar-refractivity contribution < 1.29 is 13.2 Å². The fourth-order valence-corrected chi connectivity index (χ4v) is 6.42. The van der Waals surface area contributed by atoms with E-state index in [0.29, 0.717) is 28.5 Å². The number of aryl methyl sites for hydroxylation is 1. The van der Waals surface area contributed by atoms with Gasteiger partial charge >= 0.3 is 0 Å². The molecule has 1 aromatic heterocycles. The van der Waals surface area contributed by atoms with Gasteiger partial charge in [-0.2, -0.15) is 9.30 Å². The third-order valence-corrected chi connectivity index (χ3v) is 8.53. The van der Waals surface area contributed by atoms with E-state index in [-0.39, 0.29) is 11.4 Å². The van der Waals surface area contributed by atoms with E-state index < -0.39 is 15.9 Å². The summed E-state index contributed by atoms with van der Waals surface area (Å²) in [5.41, 5.74) is 2.02. The maximum atomic E-state index is 12.9. The second-order valence-corrected chi connectivity index (χ2v) is 10.9. The van der Waals surface area contributed by atoms with Crippen LogP contribution in [0.2, 0.25) is 5.02 Å². The highest BCUT2D eigenvalue weighted by molar-refractivity contribution is 7.89. The van der Waals surface area contributed by atoms with Crippen LogP contribution in [0.15, 0.2) is 46.3 Å². The molecule has 0 aliphatic rings. The molecule has 0 aliphatic carbocycles. The first-order valence-electron chi connectivity index (χ1n) is 10.7. The largest absolute Gasteiger partial charge is 0.304 e. The first-order chi connectivity index (χ1) is 15.7. The van der Waals surface area contributed by atoms with Gasteiger partial charge in [-0.1, -0.05) is 42.7 Å².